The molecule has 0 aromatic heterocycles. The number of nitrogens with zero attached hydrogens (tertiary/aromatic N) is 1. The zero-order chi connectivity index (χ0) is 16.2. The Morgan fingerprint density at radius 2 is 2.00 bits per heavy atom. The van der Waals surface area contributed by atoms with E-state index in [1.165, 1.54) is 0 Å². The summed E-state index contributed by atoms with van der Waals surface area (Å²) in [7, 11) is 3.20. The first-order valence-corrected chi connectivity index (χ1v) is 7.39. The van der Waals surface area contributed by atoms with Crippen LogP contribution in [0.3, 0.4) is 0 Å². The van der Waals surface area contributed by atoms with Crippen LogP contribution in [-0.4, -0.2) is 50.2 Å². The molecule has 5 heteroatoms. The van der Waals surface area contributed by atoms with Crippen molar-refractivity contribution in [1.29, 1.82) is 0 Å². The van der Waals surface area contributed by atoms with Crippen LogP contribution < -0.4 is 14.8 Å². The van der Waals surface area contributed by atoms with E-state index in [9.17, 15) is 4.79 Å². The van der Waals surface area contributed by atoms with Gasteiger partial charge in [-0.3, -0.25) is 4.79 Å². The number of piperazine rings is 1. The van der Waals surface area contributed by atoms with Crippen LogP contribution in [0, 0.1) is 0 Å². The van der Waals surface area contributed by atoms with E-state index in [4.69, 9.17) is 9.47 Å². The number of carbonyl (C=O) groups is 1. The summed E-state index contributed by atoms with van der Waals surface area (Å²) in [4.78, 5) is 14.2. The molecule has 0 saturated carbocycles. The second kappa shape index (κ2) is 6.83. The fraction of sp³-hybridized carbons (Fsp3) is 0.471. The van der Waals surface area contributed by atoms with Gasteiger partial charge in [0.1, 0.15) is 0 Å². The molecule has 1 aliphatic rings. The Balaban J connectivity index is 2.06. The van der Waals surface area contributed by atoms with Crippen LogP contribution in [0.15, 0.2) is 24.3 Å². The molecular formula is C17H24N2O3. The number of hydrogen-bond acceptors (Lipinski definition) is 4. The third-order valence-corrected chi connectivity index (χ3v) is 3.71. The van der Waals surface area contributed by atoms with Crippen molar-refractivity contribution in [3.63, 3.8) is 0 Å². The van der Waals surface area contributed by atoms with Crippen LogP contribution in [0.4, 0.5) is 0 Å². The predicted molar refractivity (Wildman–Crippen MR) is 87.2 cm³/mol. The van der Waals surface area contributed by atoms with Crippen molar-refractivity contribution in [1.82, 2.24) is 10.2 Å². The summed E-state index contributed by atoms with van der Waals surface area (Å²) < 4.78 is 10.5. The van der Waals surface area contributed by atoms with E-state index in [1.54, 1.807) is 26.4 Å². The first kappa shape index (κ1) is 16.4. The van der Waals surface area contributed by atoms with Gasteiger partial charge in [0.25, 0.3) is 0 Å². The monoisotopic (exact) mass is 304 g/mol. The maximum Gasteiger partial charge on any atom is 0.246 e. The number of ether oxygens (including phenoxy) is 2. The van der Waals surface area contributed by atoms with E-state index in [-0.39, 0.29) is 11.4 Å². The van der Waals surface area contributed by atoms with Crippen LogP contribution in [0.25, 0.3) is 6.08 Å². The lowest BCUT2D eigenvalue weighted by Crippen LogP contribution is -2.58. The van der Waals surface area contributed by atoms with Gasteiger partial charge in [-0.25, -0.2) is 0 Å². The fourth-order valence-corrected chi connectivity index (χ4v) is 2.56. The lowest BCUT2D eigenvalue weighted by molar-refractivity contribution is -0.127. The van der Waals surface area contributed by atoms with Gasteiger partial charge in [0.15, 0.2) is 11.5 Å². The van der Waals surface area contributed by atoms with Gasteiger partial charge in [0, 0.05) is 31.2 Å². The van der Waals surface area contributed by atoms with Gasteiger partial charge in [-0.2, -0.15) is 0 Å². The van der Waals surface area contributed by atoms with E-state index >= 15 is 0 Å². The van der Waals surface area contributed by atoms with Gasteiger partial charge >= 0.3 is 0 Å². The van der Waals surface area contributed by atoms with Crippen LogP contribution >= 0.6 is 0 Å². The summed E-state index contributed by atoms with van der Waals surface area (Å²) in [5, 5.41) is 3.40. The summed E-state index contributed by atoms with van der Waals surface area (Å²) in [5.74, 6) is 1.36. The standard InChI is InChI=1S/C17H24N2O3/c1-17(2)12-19(10-9-18-17)16(20)8-6-13-5-7-14(21-3)15(11-13)22-4/h5-8,11,18H,9-10,12H2,1-4H3/b8-6+. The zero-order valence-corrected chi connectivity index (χ0v) is 13.7. The maximum atomic E-state index is 12.3. The summed E-state index contributed by atoms with van der Waals surface area (Å²) in [6.07, 6.45) is 3.42. The first-order valence-electron chi connectivity index (χ1n) is 7.39. The van der Waals surface area contributed by atoms with Gasteiger partial charge in [-0.15, -0.1) is 0 Å². The average Bonchev–Trinajstić information content (AvgIpc) is 2.51. The molecule has 0 radical (unpaired) electrons. The topological polar surface area (TPSA) is 50.8 Å². The van der Waals surface area contributed by atoms with Crippen molar-refractivity contribution >= 4 is 12.0 Å². The molecule has 1 aromatic rings. The fourth-order valence-electron chi connectivity index (χ4n) is 2.56. The number of amides is 1. The molecule has 0 spiro atoms. The molecule has 22 heavy (non-hydrogen) atoms. The Morgan fingerprint density at radius 3 is 2.64 bits per heavy atom. The van der Waals surface area contributed by atoms with Gasteiger partial charge in [0.05, 0.1) is 14.2 Å². The van der Waals surface area contributed by atoms with Crippen molar-refractivity contribution in [2.75, 3.05) is 33.9 Å². The molecule has 5 nitrogen and oxygen atoms in total. The third kappa shape index (κ3) is 4.01. The van der Waals surface area contributed by atoms with Crippen LogP contribution in [0.5, 0.6) is 11.5 Å². The SMILES string of the molecule is COc1ccc(/C=C/C(=O)N2CCNC(C)(C)C2)cc1OC. The van der Waals surface area contributed by atoms with E-state index in [0.717, 1.165) is 18.7 Å². The minimum atomic E-state index is -0.0366. The predicted octanol–water partition coefficient (Wildman–Crippen LogP) is 1.93. The quantitative estimate of drug-likeness (QED) is 0.864. The Hall–Kier alpha value is -2.01. The van der Waals surface area contributed by atoms with E-state index < -0.39 is 0 Å². The lowest BCUT2D eigenvalue weighted by Gasteiger charge is -2.38. The minimum absolute atomic E-state index is 0.0318. The Labute approximate surface area is 131 Å². The molecule has 0 unspecified atom stereocenters. The molecule has 1 aromatic carbocycles. The van der Waals surface area contributed by atoms with Crippen molar-refractivity contribution in [3.8, 4) is 11.5 Å². The van der Waals surface area contributed by atoms with Crippen molar-refractivity contribution in [3.05, 3.63) is 29.8 Å². The van der Waals surface area contributed by atoms with E-state index in [2.05, 4.69) is 19.2 Å². The summed E-state index contributed by atoms with van der Waals surface area (Å²) in [6.45, 7) is 6.47. The molecule has 1 amide bonds. The molecule has 2 rings (SSSR count). The van der Waals surface area contributed by atoms with Crippen molar-refractivity contribution in [2.24, 2.45) is 0 Å². The second-order valence-electron chi connectivity index (χ2n) is 6.02. The minimum Gasteiger partial charge on any atom is -0.493 e. The zero-order valence-electron chi connectivity index (χ0n) is 13.7. The highest BCUT2D eigenvalue weighted by Gasteiger charge is 2.27. The number of rotatable bonds is 4. The molecular weight excluding hydrogens is 280 g/mol. The molecule has 1 fully saturated rings. The highest BCUT2D eigenvalue weighted by molar-refractivity contribution is 5.92. The number of nitrogens with one attached hydrogen (secondary N) is 1. The molecule has 120 valence electrons. The van der Waals surface area contributed by atoms with Crippen LogP contribution in [0.1, 0.15) is 19.4 Å². The van der Waals surface area contributed by atoms with Gasteiger partial charge in [-0.1, -0.05) is 6.07 Å². The number of carbonyl (C=O) groups excluding carboxylic acids is 1. The lowest BCUT2D eigenvalue weighted by atomic mass is 10.0. The molecule has 1 N–H and O–H groups in total. The van der Waals surface area contributed by atoms with E-state index in [1.807, 2.05) is 23.1 Å². The average molecular weight is 304 g/mol. The Morgan fingerprint density at radius 1 is 1.27 bits per heavy atom. The molecule has 0 aliphatic carbocycles. The number of benzene rings is 1. The molecule has 1 saturated heterocycles. The van der Waals surface area contributed by atoms with Crippen molar-refractivity contribution in [2.45, 2.75) is 19.4 Å². The molecule has 1 aliphatic heterocycles. The highest BCUT2D eigenvalue weighted by atomic mass is 16.5. The smallest absolute Gasteiger partial charge is 0.246 e. The van der Waals surface area contributed by atoms with Gasteiger partial charge in [-0.05, 0) is 37.6 Å². The molecule has 0 bridgehead atoms. The first-order chi connectivity index (χ1) is 10.4. The van der Waals surface area contributed by atoms with Crippen molar-refractivity contribution < 1.29 is 14.3 Å². The molecule has 1 heterocycles. The van der Waals surface area contributed by atoms with Crippen LogP contribution in [0.2, 0.25) is 0 Å². The summed E-state index contributed by atoms with van der Waals surface area (Å²) in [5.41, 5.74) is 0.867. The third-order valence-electron chi connectivity index (χ3n) is 3.71. The summed E-state index contributed by atoms with van der Waals surface area (Å²) >= 11 is 0. The van der Waals surface area contributed by atoms with Gasteiger partial charge < -0.3 is 19.7 Å². The Bertz CT molecular complexity index is 567. The Kier molecular flexibility index (Phi) is 5.08. The highest BCUT2D eigenvalue weighted by Crippen LogP contribution is 2.28. The number of hydrogen-bond donors (Lipinski definition) is 1. The van der Waals surface area contributed by atoms with Crippen LogP contribution in [-0.2, 0) is 4.79 Å². The second-order valence-corrected chi connectivity index (χ2v) is 6.02. The normalized spacial score (nSPS) is 17.5. The molecule has 0 atom stereocenters. The number of methoxy groups -OCH3 is 2. The largest absolute Gasteiger partial charge is 0.493 e. The summed E-state index contributed by atoms with van der Waals surface area (Å²) in [6, 6.07) is 5.58. The maximum absolute atomic E-state index is 12.3. The van der Waals surface area contributed by atoms with E-state index in [0.29, 0.717) is 18.0 Å². The van der Waals surface area contributed by atoms with Gasteiger partial charge in [0.2, 0.25) is 5.91 Å².